The van der Waals surface area contributed by atoms with Crippen molar-refractivity contribution in [3.8, 4) is 0 Å². The third kappa shape index (κ3) is 6.92. The highest BCUT2D eigenvalue weighted by molar-refractivity contribution is 5.83. The zero-order valence-corrected chi connectivity index (χ0v) is 23.2. The van der Waals surface area contributed by atoms with Crippen molar-refractivity contribution in [1.29, 1.82) is 0 Å². The van der Waals surface area contributed by atoms with Crippen molar-refractivity contribution in [2.45, 2.75) is 130 Å². The number of Topliss-reactive ketones (excluding diaryl/α,β-unsaturated/α-hetero) is 1. The van der Waals surface area contributed by atoms with Crippen LogP contribution in [-0.2, 0) is 23.9 Å². The molecule has 0 bridgehead atoms. The molecule has 0 radical (unpaired) electrons. The van der Waals surface area contributed by atoms with Crippen LogP contribution in [0.3, 0.4) is 0 Å². The van der Waals surface area contributed by atoms with Crippen molar-refractivity contribution >= 4 is 17.7 Å². The summed E-state index contributed by atoms with van der Waals surface area (Å²) in [5.74, 6) is 3.28. The van der Waals surface area contributed by atoms with Crippen LogP contribution in [-0.4, -0.2) is 29.9 Å². The first-order chi connectivity index (χ1) is 17.2. The van der Waals surface area contributed by atoms with Crippen LogP contribution in [0.5, 0.6) is 0 Å². The number of ketones is 1. The molecule has 0 spiro atoms. The summed E-state index contributed by atoms with van der Waals surface area (Å²) >= 11 is 0. The van der Waals surface area contributed by atoms with Gasteiger partial charge in [-0.1, -0.05) is 27.7 Å². The average Bonchev–Trinajstić information content (AvgIpc) is 2.87. The fourth-order valence-corrected chi connectivity index (χ4v) is 7.31. The van der Waals surface area contributed by atoms with Gasteiger partial charge in [-0.3, -0.25) is 14.4 Å². The smallest absolute Gasteiger partial charge is 0.309 e. The van der Waals surface area contributed by atoms with Gasteiger partial charge in [0.15, 0.2) is 0 Å². The first-order valence-electron chi connectivity index (χ1n) is 15.2. The number of carbonyl (C=O) groups is 3. The monoisotopic (exact) mass is 502 g/mol. The Kier molecular flexibility index (Phi) is 9.55. The normalized spacial score (nSPS) is 41.8. The SMILES string of the molecule is CC1CCC(C(=O)OC2CCC(C(=O)C3CCC(OC(=O)C4CCC(C)C(C)C4)CC3)CC2)CC1C. The van der Waals surface area contributed by atoms with E-state index >= 15 is 0 Å². The maximum Gasteiger partial charge on any atom is 0.309 e. The van der Waals surface area contributed by atoms with Gasteiger partial charge < -0.3 is 9.47 Å². The molecule has 6 atom stereocenters. The number of hydrogen-bond donors (Lipinski definition) is 0. The van der Waals surface area contributed by atoms with E-state index in [-0.39, 0.29) is 47.8 Å². The van der Waals surface area contributed by atoms with E-state index in [0.717, 1.165) is 89.9 Å². The Bertz CT molecular complexity index is 699. The number of ether oxygens (including phenoxy) is 2. The van der Waals surface area contributed by atoms with E-state index in [1.807, 2.05) is 0 Å². The predicted octanol–water partition coefficient (Wildman–Crippen LogP) is 6.90. The molecule has 204 valence electrons. The molecule has 4 saturated carbocycles. The number of rotatable bonds is 6. The molecule has 0 aromatic heterocycles. The molecule has 4 aliphatic rings. The number of hydrogen-bond acceptors (Lipinski definition) is 5. The van der Waals surface area contributed by atoms with Crippen LogP contribution >= 0.6 is 0 Å². The highest BCUT2D eigenvalue weighted by atomic mass is 16.5. The van der Waals surface area contributed by atoms with Gasteiger partial charge in [0, 0.05) is 11.8 Å². The number of esters is 2. The lowest BCUT2D eigenvalue weighted by Crippen LogP contribution is -2.36. The van der Waals surface area contributed by atoms with Crippen LogP contribution in [0.4, 0.5) is 0 Å². The van der Waals surface area contributed by atoms with E-state index in [2.05, 4.69) is 27.7 Å². The van der Waals surface area contributed by atoms with Gasteiger partial charge in [-0.15, -0.1) is 0 Å². The highest BCUT2D eigenvalue weighted by Crippen LogP contribution is 2.38. The molecule has 5 nitrogen and oxygen atoms in total. The molecule has 36 heavy (non-hydrogen) atoms. The summed E-state index contributed by atoms with van der Waals surface area (Å²) in [5.41, 5.74) is 0. The molecular weight excluding hydrogens is 452 g/mol. The Labute approximate surface area is 218 Å². The lowest BCUT2D eigenvalue weighted by atomic mass is 9.75. The second kappa shape index (κ2) is 12.4. The zero-order chi connectivity index (χ0) is 25.8. The summed E-state index contributed by atoms with van der Waals surface area (Å²) < 4.78 is 11.8. The van der Waals surface area contributed by atoms with Crippen LogP contribution in [0, 0.1) is 47.3 Å². The standard InChI is InChI=1S/C31H50O5/c1-19-5-7-25(17-21(19)3)30(33)35-27-13-9-23(10-14-27)29(32)24-11-15-28(16-12-24)36-31(34)26-8-6-20(2)22(4)18-26/h19-28H,5-18H2,1-4H3. The molecule has 4 rings (SSSR count). The molecule has 6 unspecified atom stereocenters. The van der Waals surface area contributed by atoms with E-state index in [9.17, 15) is 14.4 Å². The Hall–Kier alpha value is -1.39. The second-order valence-electron chi connectivity index (χ2n) is 13.2. The summed E-state index contributed by atoms with van der Waals surface area (Å²) in [6.45, 7) is 9.05. The highest BCUT2D eigenvalue weighted by Gasteiger charge is 2.37. The van der Waals surface area contributed by atoms with Gasteiger partial charge >= 0.3 is 11.9 Å². The molecule has 5 heteroatoms. The maximum absolute atomic E-state index is 13.2. The minimum Gasteiger partial charge on any atom is -0.462 e. The van der Waals surface area contributed by atoms with Crippen LogP contribution in [0.2, 0.25) is 0 Å². The minimum atomic E-state index is -0.0168. The van der Waals surface area contributed by atoms with E-state index in [1.165, 1.54) is 0 Å². The van der Waals surface area contributed by atoms with Gasteiger partial charge in [-0.25, -0.2) is 0 Å². The Morgan fingerprint density at radius 2 is 0.778 bits per heavy atom. The van der Waals surface area contributed by atoms with Gasteiger partial charge in [-0.2, -0.15) is 0 Å². The van der Waals surface area contributed by atoms with E-state index in [0.29, 0.717) is 29.5 Å². The van der Waals surface area contributed by atoms with Crippen molar-refractivity contribution in [3.63, 3.8) is 0 Å². The maximum atomic E-state index is 13.2. The van der Waals surface area contributed by atoms with Crippen molar-refractivity contribution in [1.82, 2.24) is 0 Å². The molecule has 0 aromatic carbocycles. The topological polar surface area (TPSA) is 69.7 Å². The lowest BCUT2D eigenvalue weighted by Gasteiger charge is -2.35. The molecular formula is C31H50O5. The van der Waals surface area contributed by atoms with Crippen molar-refractivity contribution in [2.75, 3.05) is 0 Å². The molecule has 0 saturated heterocycles. The van der Waals surface area contributed by atoms with Gasteiger partial charge in [-0.05, 0) is 114 Å². The van der Waals surface area contributed by atoms with Gasteiger partial charge in [0.25, 0.3) is 0 Å². The molecule has 4 aliphatic carbocycles. The average molecular weight is 503 g/mol. The van der Waals surface area contributed by atoms with Crippen molar-refractivity contribution in [2.24, 2.45) is 47.3 Å². The number of carbonyl (C=O) groups excluding carboxylic acids is 3. The summed E-state index contributed by atoms with van der Waals surface area (Å²) in [4.78, 5) is 38.6. The Morgan fingerprint density at radius 3 is 1.11 bits per heavy atom. The van der Waals surface area contributed by atoms with Crippen LogP contribution < -0.4 is 0 Å². The zero-order valence-electron chi connectivity index (χ0n) is 23.2. The van der Waals surface area contributed by atoms with Gasteiger partial charge in [0.1, 0.15) is 18.0 Å². The summed E-state index contributed by atoms with van der Waals surface area (Å²) in [6, 6.07) is 0. The Morgan fingerprint density at radius 1 is 0.444 bits per heavy atom. The summed E-state index contributed by atoms with van der Waals surface area (Å²) in [6.07, 6.45) is 12.6. The van der Waals surface area contributed by atoms with E-state index < -0.39 is 0 Å². The van der Waals surface area contributed by atoms with Gasteiger partial charge in [0.05, 0.1) is 11.8 Å². The largest absolute Gasteiger partial charge is 0.462 e. The van der Waals surface area contributed by atoms with E-state index in [4.69, 9.17) is 9.47 Å². The first kappa shape index (κ1) is 27.6. The first-order valence-corrected chi connectivity index (χ1v) is 15.2. The second-order valence-corrected chi connectivity index (χ2v) is 13.2. The predicted molar refractivity (Wildman–Crippen MR) is 140 cm³/mol. The third-order valence-corrected chi connectivity index (χ3v) is 10.6. The van der Waals surface area contributed by atoms with Crippen LogP contribution in [0.15, 0.2) is 0 Å². The molecule has 0 N–H and O–H groups in total. The van der Waals surface area contributed by atoms with Crippen molar-refractivity contribution in [3.05, 3.63) is 0 Å². The molecule has 0 heterocycles. The lowest BCUT2D eigenvalue weighted by molar-refractivity contribution is -0.158. The molecule has 4 fully saturated rings. The third-order valence-electron chi connectivity index (χ3n) is 10.6. The minimum absolute atomic E-state index is 0.00593. The quantitative estimate of drug-likeness (QED) is 0.369. The molecule has 0 amide bonds. The van der Waals surface area contributed by atoms with Crippen molar-refractivity contribution < 1.29 is 23.9 Å². The van der Waals surface area contributed by atoms with Gasteiger partial charge in [0.2, 0.25) is 0 Å². The molecule has 0 aromatic rings. The summed E-state index contributed by atoms with van der Waals surface area (Å²) in [7, 11) is 0. The molecule has 0 aliphatic heterocycles. The fourth-order valence-electron chi connectivity index (χ4n) is 7.31. The summed E-state index contributed by atoms with van der Waals surface area (Å²) in [5, 5.41) is 0. The van der Waals surface area contributed by atoms with E-state index in [1.54, 1.807) is 0 Å². The van der Waals surface area contributed by atoms with Crippen LogP contribution in [0.25, 0.3) is 0 Å². The Balaban J connectivity index is 1.14. The fraction of sp³-hybridized carbons (Fsp3) is 0.903. The van der Waals surface area contributed by atoms with Crippen LogP contribution in [0.1, 0.15) is 118 Å².